The van der Waals surface area contributed by atoms with E-state index in [2.05, 4.69) is 25.3 Å². The molecule has 62 valence electrons. The molecule has 1 rings (SSSR count). The fraction of sp³-hybridized carbons (Fsp3) is 0.556. The normalized spacial score (nSPS) is 10.4. The van der Waals surface area contributed by atoms with Gasteiger partial charge in [-0.2, -0.15) is 11.8 Å². The molecule has 0 nitrogen and oxygen atoms in total. The van der Waals surface area contributed by atoms with Crippen molar-refractivity contribution in [1.82, 2.24) is 0 Å². The number of thiophene rings is 1. The van der Waals surface area contributed by atoms with Gasteiger partial charge in [0.1, 0.15) is 0 Å². The van der Waals surface area contributed by atoms with Gasteiger partial charge < -0.3 is 0 Å². The minimum absolute atomic E-state index is 1.20. The second-order valence-electron chi connectivity index (χ2n) is 2.64. The van der Waals surface area contributed by atoms with Crippen LogP contribution in [0.1, 0.15) is 23.8 Å². The topological polar surface area (TPSA) is 0 Å². The van der Waals surface area contributed by atoms with E-state index in [0.717, 1.165) is 0 Å². The van der Waals surface area contributed by atoms with E-state index in [1.165, 1.54) is 28.4 Å². The summed E-state index contributed by atoms with van der Waals surface area (Å²) in [5.41, 5.74) is 1.40. The van der Waals surface area contributed by atoms with Crippen molar-refractivity contribution in [2.45, 2.75) is 26.0 Å². The summed E-state index contributed by atoms with van der Waals surface area (Å²) in [4.78, 5) is 1.51. The molecule has 0 unspecified atom stereocenters. The molecule has 1 heterocycles. The Kier molecular flexibility index (Phi) is 4.02. The third-order valence-corrected chi connectivity index (χ3v) is 3.83. The van der Waals surface area contributed by atoms with E-state index in [9.17, 15) is 0 Å². The van der Waals surface area contributed by atoms with E-state index < -0.39 is 0 Å². The summed E-state index contributed by atoms with van der Waals surface area (Å²) in [5, 5.41) is 2.22. The number of hydrogen-bond acceptors (Lipinski definition) is 2. The maximum Gasteiger partial charge on any atom is 0.0279 e. The van der Waals surface area contributed by atoms with Crippen LogP contribution < -0.4 is 0 Å². The molecule has 0 amide bonds. The molecule has 0 bridgehead atoms. The van der Waals surface area contributed by atoms with Crippen molar-refractivity contribution >= 4 is 23.1 Å². The van der Waals surface area contributed by atoms with E-state index in [1.54, 1.807) is 0 Å². The fourth-order valence-electron chi connectivity index (χ4n) is 0.883. The highest BCUT2D eigenvalue weighted by molar-refractivity contribution is 7.98. The first-order valence-corrected chi connectivity index (χ1v) is 5.98. The van der Waals surface area contributed by atoms with E-state index in [-0.39, 0.29) is 0 Å². The first-order chi connectivity index (χ1) is 5.33. The Bertz CT molecular complexity index is 203. The highest BCUT2D eigenvalue weighted by Crippen LogP contribution is 2.19. The van der Waals surface area contributed by atoms with Crippen molar-refractivity contribution < 1.29 is 0 Å². The molecule has 0 aliphatic rings. The van der Waals surface area contributed by atoms with Gasteiger partial charge in [0.25, 0.3) is 0 Å². The van der Waals surface area contributed by atoms with Crippen LogP contribution in [0.5, 0.6) is 0 Å². The third kappa shape index (κ3) is 3.30. The summed E-state index contributed by atoms with van der Waals surface area (Å²) < 4.78 is 0. The Balaban J connectivity index is 2.27. The lowest BCUT2D eigenvalue weighted by Crippen LogP contribution is -1.76. The summed E-state index contributed by atoms with van der Waals surface area (Å²) in [6.45, 7) is 4.39. The minimum atomic E-state index is 1.20. The molecule has 11 heavy (non-hydrogen) atoms. The lowest BCUT2D eigenvalue weighted by Gasteiger charge is -1.94. The van der Waals surface area contributed by atoms with E-state index >= 15 is 0 Å². The molecule has 0 saturated carbocycles. The van der Waals surface area contributed by atoms with Crippen molar-refractivity contribution in [3.05, 3.63) is 21.9 Å². The van der Waals surface area contributed by atoms with Crippen LogP contribution in [0.25, 0.3) is 0 Å². The van der Waals surface area contributed by atoms with Gasteiger partial charge in [-0.25, -0.2) is 0 Å². The zero-order valence-electron chi connectivity index (χ0n) is 7.09. The van der Waals surface area contributed by atoms with Gasteiger partial charge in [-0.15, -0.1) is 11.3 Å². The molecule has 1 aromatic heterocycles. The van der Waals surface area contributed by atoms with Gasteiger partial charge in [0, 0.05) is 10.6 Å². The van der Waals surface area contributed by atoms with Crippen LogP contribution in [0, 0.1) is 6.92 Å². The smallest absolute Gasteiger partial charge is 0.0279 e. The number of thioether (sulfide) groups is 1. The molecule has 0 N–H and O–H groups in total. The monoisotopic (exact) mass is 186 g/mol. The Hall–Kier alpha value is 0.0500. The predicted molar refractivity (Wildman–Crippen MR) is 55.5 cm³/mol. The summed E-state index contributed by atoms with van der Waals surface area (Å²) in [6.07, 6.45) is 1.29. The van der Waals surface area contributed by atoms with Gasteiger partial charge in [-0.1, -0.05) is 6.92 Å². The first-order valence-electron chi connectivity index (χ1n) is 3.94. The lowest BCUT2D eigenvalue weighted by molar-refractivity contribution is 1.10. The second-order valence-corrected chi connectivity index (χ2v) is 4.74. The Morgan fingerprint density at radius 2 is 2.36 bits per heavy atom. The molecule has 0 atom stereocenters. The van der Waals surface area contributed by atoms with Crippen LogP contribution in [-0.4, -0.2) is 5.75 Å². The second kappa shape index (κ2) is 4.83. The molecule has 0 aliphatic heterocycles. The van der Waals surface area contributed by atoms with Crippen LogP contribution in [0.4, 0.5) is 0 Å². The van der Waals surface area contributed by atoms with Crippen LogP contribution in [0.15, 0.2) is 11.4 Å². The average Bonchev–Trinajstić information content (AvgIpc) is 2.37. The van der Waals surface area contributed by atoms with Crippen LogP contribution >= 0.6 is 23.1 Å². The van der Waals surface area contributed by atoms with Crippen molar-refractivity contribution in [1.29, 1.82) is 0 Å². The maximum atomic E-state index is 2.29. The number of aryl methyl sites for hydroxylation is 1. The first kappa shape index (κ1) is 9.14. The molecule has 1 aromatic rings. The number of hydrogen-bond donors (Lipinski definition) is 0. The summed E-state index contributed by atoms with van der Waals surface area (Å²) in [7, 11) is 0. The van der Waals surface area contributed by atoms with Crippen molar-refractivity contribution in [3.8, 4) is 0 Å². The summed E-state index contributed by atoms with van der Waals surface area (Å²) >= 11 is 3.91. The SMILES string of the molecule is CCCSCc1cc(C)cs1. The Morgan fingerprint density at radius 3 is 2.91 bits per heavy atom. The van der Waals surface area contributed by atoms with E-state index in [0.29, 0.717) is 0 Å². The molecule has 0 aromatic carbocycles. The minimum Gasteiger partial charge on any atom is -0.156 e. The van der Waals surface area contributed by atoms with Gasteiger partial charge in [0.15, 0.2) is 0 Å². The van der Waals surface area contributed by atoms with Gasteiger partial charge in [-0.3, -0.25) is 0 Å². The van der Waals surface area contributed by atoms with Crippen LogP contribution in [-0.2, 0) is 5.75 Å². The van der Waals surface area contributed by atoms with Crippen molar-refractivity contribution in [3.63, 3.8) is 0 Å². The molecule has 0 spiro atoms. The summed E-state index contributed by atoms with van der Waals surface area (Å²) in [6, 6.07) is 2.29. The molecule has 0 saturated heterocycles. The zero-order valence-corrected chi connectivity index (χ0v) is 8.73. The highest BCUT2D eigenvalue weighted by Gasteiger charge is 1.95. The highest BCUT2D eigenvalue weighted by atomic mass is 32.2. The van der Waals surface area contributed by atoms with Crippen molar-refractivity contribution in [2.75, 3.05) is 5.75 Å². The van der Waals surface area contributed by atoms with Gasteiger partial charge in [-0.05, 0) is 36.1 Å². The van der Waals surface area contributed by atoms with E-state index in [1.807, 2.05) is 23.1 Å². The molecule has 0 fully saturated rings. The molecular formula is C9H14S2. The van der Waals surface area contributed by atoms with Gasteiger partial charge in [0.2, 0.25) is 0 Å². The molecule has 2 heteroatoms. The molecule has 0 aliphatic carbocycles. The van der Waals surface area contributed by atoms with Gasteiger partial charge >= 0.3 is 0 Å². The standard InChI is InChI=1S/C9H14S2/c1-3-4-10-7-9-5-8(2)6-11-9/h5-6H,3-4,7H2,1-2H3. The quantitative estimate of drug-likeness (QED) is 0.646. The maximum absolute atomic E-state index is 2.29. The Labute approximate surface area is 77.0 Å². The van der Waals surface area contributed by atoms with E-state index in [4.69, 9.17) is 0 Å². The molecular weight excluding hydrogens is 172 g/mol. The summed E-state index contributed by atoms with van der Waals surface area (Å²) in [5.74, 6) is 2.49. The van der Waals surface area contributed by atoms with Gasteiger partial charge in [0.05, 0.1) is 0 Å². The van der Waals surface area contributed by atoms with Crippen LogP contribution in [0.2, 0.25) is 0 Å². The van der Waals surface area contributed by atoms with Crippen LogP contribution in [0.3, 0.4) is 0 Å². The largest absolute Gasteiger partial charge is 0.156 e. The predicted octanol–water partition coefficient (Wildman–Crippen LogP) is 3.70. The number of rotatable bonds is 4. The average molecular weight is 186 g/mol. The third-order valence-electron chi connectivity index (χ3n) is 1.38. The Morgan fingerprint density at radius 1 is 1.55 bits per heavy atom. The fourth-order valence-corrected chi connectivity index (χ4v) is 2.78. The zero-order chi connectivity index (χ0) is 8.10. The van der Waals surface area contributed by atoms with Crippen molar-refractivity contribution in [2.24, 2.45) is 0 Å². The lowest BCUT2D eigenvalue weighted by atomic mass is 10.4. The molecule has 0 radical (unpaired) electrons.